The largest absolute Gasteiger partial charge is 0.381 e. The minimum Gasteiger partial charge on any atom is -0.381 e. The van der Waals surface area contributed by atoms with E-state index in [4.69, 9.17) is 12.7 Å². The first-order valence-electron chi connectivity index (χ1n) is 8.15. The van der Waals surface area contributed by atoms with Crippen LogP contribution in [0.25, 0.3) is 11.0 Å². The lowest BCUT2D eigenvalue weighted by atomic mass is 9.97. The van der Waals surface area contributed by atoms with Crippen molar-refractivity contribution in [1.82, 2.24) is 9.97 Å². The van der Waals surface area contributed by atoms with Gasteiger partial charge in [-0.25, -0.2) is 15.4 Å². The van der Waals surface area contributed by atoms with Crippen LogP contribution in [0.3, 0.4) is 0 Å². The summed E-state index contributed by atoms with van der Waals surface area (Å²) >= 11 is 0. The van der Waals surface area contributed by atoms with Crippen molar-refractivity contribution in [3.63, 3.8) is 0 Å². The molecule has 5 nitrogen and oxygen atoms in total. The van der Waals surface area contributed by atoms with Crippen LogP contribution in [0.15, 0.2) is 78.9 Å². The average Bonchev–Trinajstić information content (AvgIpc) is 2.68. The highest BCUT2D eigenvalue weighted by Crippen LogP contribution is 2.25. The monoisotopic (exact) mass is 338 g/mol. The van der Waals surface area contributed by atoms with Gasteiger partial charge in [-0.05, 0) is 36.4 Å². The maximum absolute atomic E-state index is 5.70. The van der Waals surface area contributed by atoms with E-state index in [0.29, 0.717) is 22.8 Å². The molecule has 0 aliphatic rings. The summed E-state index contributed by atoms with van der Waals surface area (Å²) in [6.07, 6.45) is 0. The Labute approximate surface area is 152 Å². The standard InChI is InChI=1S/C20H15BN4O/c21-14-10-12-16(13-11-14)26-25-20-19(22-15-6-2-1-3-7-15)23-17-8-4-5-9-18(17)24-20/h1-13H,(H,22,23)(H,24,25). The summed E-state index contributed by atoms with van der Waals surface area (Å²) in [5.41, 5.74) is 6.04. The first-order valence-corrected chi connectivity index (χ1v) is 8.15. The fourth-order valence-electron chi connectivity index (χ4n) is 2.46. The number of nitrogens with zero attached hydrogens (tertiary/aromatic N) is 2. The van der Waals surface area contributed by atoms with Crippen molar-refractivity contribution in [2.75, 3.05) is 10.8 Å². The Morgan fingerprint density at radius 2 is 1.31 bits per heavy atom. The van der Waals surface area contributed by atoms with Gasteiger partial charge >= 0.3 is 0 Å². The summed E-state index contributed by atoms with van der Waals surface area (Å²) in [7, 11) is 5.70. The fourth-order valence-corrected chi connectivity index (χ4v) is 2.46. The van der Waals surface area contributed by atoms with Gasteiger partial charge in [0.05, 0.1) is 11.0 Å². The van der Waals surface area contributed by atoms with Crippen LogP contribution in [0.4, 0.5) is 17.3 Å². The number of anilines is 3. The van der Waals surface area contributed by atoms with Gasteiger partial charge in [-0.3, -0.25) is 0 Å². The molecule has 0 fully saturated rings. The van der Waals surface area contributed by atoms with Gasteiger partial charge in [-0.1, -0.05) is 47.9 Å². The summed E-state index contributed by atoms with van der Waals surface area (Å²) < 4.78 is 0. The van der Waals surface area contributed by atoms with Crippen LogP contribution in [0.5, 0.6) is 5.75 Å². The molecule has 6 heteroatoms. The molecule has 124 valence electrons. The number of benzene rings is 3. The number of hydrogen-bond acceptors (Lipinski definition) is 5. The lowest BCUT2D eigenvalue weighted by Crippen LogP contribution is -2.11. The van der Waals surface area contributed by atoms with Crippen molar-refractivity contribution in [1.29, 1.82) is 0 Å². The van der Waals surface area contributed by atoms with Gasteiger partial charge in [0.25, 0.3) is 0 Å². The minimum absolute atomic E-state index is 0.490. The number of aromatic nitrogens is 2. The third-order valence-electron chi connectivity index (χ3n) is 3.75. The smallest absolute Gasteiger partial charge is 0.204 e. The number of para-hydroxylation sites is 3. The van der Waals surface area contributed by atoms with Crippen molar-refractivity contribution in [2.45, 2.75) is 0 Å². The molecular formula is C20H15BN4O. The van der Waals surface area contributed by atoms with Crippen LogP contribution in [0.2, 0.25) is 0 Å². The van der Waals surface area contributed by atoms with Gasteiger partial charge in [-0.15, -0.1) is 0 Å². The van der Waals surface area contributed by atoms with Gasteiger partial charge in [0, 0.05) is 5.69 Å². The Bertz CT molecular complexity index is 1020. The molecule has 26 heavy (non-hydrogen) atoms. The Morgan fingerprint density at radius 1 is 0.692 bits per heavy atom. The van der Waals surface area contributed by atoms with Crippen molar-refractivity contribution in [3.8, 4) is 5.75 Å². The second kappa shape index (κ2) is 7.15. The molecule has 1 aromatic heterocycles. The van der Waals surface area contributed by atoms with Crippen molar-refractivity contribution >= 4 is 41.7 Å². The second-order valence-corrected chi connectivity index (χ2v) is 5.67. The van der Waals surface area contributed by atoms with E-state index in [-0.39, 0.29) is 0 Å². The van der Waals surface area contributed by atoms with Crippen LogP contribution in [-0.4, -0.2) is 17.8 Å². The highest BCUT2D eigenvalue weighted by molar-refractivity contribution is 6.32. The van der Waals surface area contributed by atoms with E-state index < -0.39 is 0 Å². The van der Waals surface area contributed by atoms with Crippen molar-refractivity contribution in [2.24, 2.45) is 0 Å². The Kier molecular flexibility index (Phi) is 4.39. The molecule has 4 aromatic rings. The summed E-state index contributed by atoms with van der Waals surface area (Å²) in [5, 5.41) is 3.27. The van der Waals surface area contributed by atoms with Crippen LogP contribution < -0.4 is 21.1 Å². The topological polar surface area (TPSA) is 59.1 Å². The Morgan fingerprint density at radius 3 is 2.00 bits per heavy atom. The summed E-state index contributed by atoms with van der Waals surface area (Å²) in [6, 6.07) is 24.6. The van der Waals surface area contributed by atoms with Crippen LogP contribution >= 0.6 is 0 Å². The van der Waals surface area contributed by atoms with Gasteiger partial charge in [0.15, 0.2) is 11.6 Å². The van der Waals surface area contributed by atoms with Gasteiger partial charge in [0.1, 0.15) is 7.85 Å². The van der Waals surface area contributed by atoms with E-state index in [1.54, 1.807) is 24.3 Å². The van der Waals surface area contributed by atoms with E-state index in [0.717, 1.165) is 16.7 Å². The van der Waals surface area contributed by atoms with E-state index in [1.165, 1.54) is 0 Å². The van der Waals surface area contributed by atoms with Crippen LogP contribution in [0.1, 0.15) is 0 Å². The van der Waals surface area contributed by atoms with E-state index in [1.807, 2.05) is 54.6 Å². The molecule has 4 rings (SSSR count). The molecule has 2 N–H and O–H groups in total. The Balaban J connectivity index is 1.66. The van der Waals surface area contributed by atoms with Crippen molar-refractivity contribution in [3.05, 3.63) is 78.9 Å². The maximum Gasteiger partial charge on any atom is 0.204 e. The second-order valence-electron chi connectivity index (χ2n) is 5.67. The van der Waals surface area contributed by atoms with Crippen molar-refractivity contribution < 1.29 is 4.84 Å². The third-order valence-corrected chi connectivity index (χ3v) is 3.75. The summed E-state index contributed by atoms with van der Waals surface area (Å²) in [6.45, 7) is 0. The molecule has 2 radical (unpaired) electrons. The third kappa shape index (κ3) is 3.59. The predicted molar refractivity (Wildman–Crippen MR) is 105 cm³/mol. The lowest BCUT2D eigenvalue weighted by molar-refractivity contribution is 0.403. The van der Waals surface area contributed by atoms with Gasteiger partial charge in [0.2, 0.25) is 5.82 Å². The Hall–Kier alpha value is -3.54. The zero-order valence-corrected chi connectivity index (χ0v) is 13.9. The predicted octanol–water partition coefficient (Wildman–Crippen LogP) is 3.57. The number of hydrogen-bond donors (Lipinski definition) is 2. The van der Waals surface area contributed by atoms with Gasteiger partial charge < -0.3 is 10.2 Å². The zero-order valence-electron chi connectivity index (χ0n) is 13.9. The molecular weight excluding hydrogens is 323 g/mol. The van der Waals surface area contributed by atoms with E-state index >= 15 is 0 Å². The molecule has 0 atom stereocenters. The molecule has 0 aliphatic carbocycles. The molecule has 0 spiro atoms. The molecule has 1 heterocycles. The normalized spacial score (nSPS) is 10.5. The quantitative estimate of drug-likeness (QED) is 0.430. The number of nitrogens with one attached hydrogen (secondary N) is 2. The first-order chi connectivity index (χ1) is 12.8. The number of rotatable bonds is 5. The zero-order chi connectivity index (χ0) is 17.8. The molecule has 0 saturated heterocycles. The summed E-state index contributed by atoms with van der Waals surface area (Å²) in [5.74, 6) is 1.69. The first kappa shape index (κ1) is 16.0. The lowest BCUT2D eigenvalue weighted by Gasteiger charge is -2.14. The number of fused-ring (bicyclic) bond motifs is 1. The van der Waals surface area contributed by atoms with E-state index in [2.05, 4.69) is 20.8 Å². The molecule has 0 unspecified atom stereocenters. The highest BCUT2D eigenvalue weighted by atomic mass is 16.6. The minimum atomic E-state index is 0.490. The molecule has 0 amide bonds. The summed E-state index contributed by atoms with van der Waals surface area (Å²) in [4.78, 5) is 14.9. The van der Waals surface area contributed by atoms with Crippen LogP contribution in [0, 0.1) is 0 Å². The van der Waals surface area contributed by atoms with Gasteiger partial charge in [-0.2, -0.15) is 0 Å². The van der Waals surface area contributed by atoms with E-state index in [9.17, 15) is 0 Å². The highest BCUT2D eigenvalue weighted by Gasteiger charge is 2.10. The SMILES string of the molecule is [B]c1ccc(ONc2nc3ccccc3nc2Nc2ccccc2)cc1. The molecule has 0 saturated carbocycles. The molecule has 3 aromatic carbocycles. The molecule has 0 bridgehead atoms. The fraction of sp³-hybridized carbons (Fsp3) is 0. The average molecular weight is 338 g/mol. The molecule has 0 aliphatic heterocycles. The van der Waals surface area contributed by atoms with Crippen LogP contribution in [-0.2, 0) is 0 Å². The maximum atomic E-state index is 5.70.